The van der Waals surface area contributed by atoms with Crippen molar-refractivity contribution in [2.75, 3.05) is 0 Å². The summed E-state index contributed by atoms with van der Waals surface area (Å²) in [5.41, 5.74) is 10.5. The van der Waals surface area contributed by atoms with Gasteiger partial charge in [0.25, 0.3) is 0 Å². The molecular formula is C9H12N2O. The molecule has 0 saturated heterocycles. The summed E-state index contributed by atoms with van der Waals surface area (Å²) < 4.78 is 0. The van der Waals surface area contributed by atoms with Crippen LogP contribution in [0.2, 0.25) is 0 Å². The van der Waals surface area contributed by atoms with E-state index >= 15 is 0 Å². The van der Waals surface area contributed by atoms with Crippen LogP contribution >= 0.6 is 0 Å². The Morgan fingerprint density at radius 3 is 2.25 bits per heavy atom. The van der Waals surface area contributed by atoms with E-state index in [-0.39, 0.29) is 0 Å². The molecule has 12 heavy (non-hydrogen) atoms. The minimum absolute atomic E-state index is 0.520. The van der Waals surface area contributed by atoms with E-state index in [0.717, 1.165) is 5.56 Å². The molecule has 1 rings (SSSR count). The Bertz CT molecular complexity index is 280. The number of amides is 1. The minimum Gasteiger partial charge on any atom is -0.368 e. The van der Waals surface area contributed by atoms with Crippen LogP contribution in [-0.4, -0.2) is 5.91 Å². The third-order valence-electron chi connectivity index (χ3n) is 1.89. The lowest BCUT2D eigenvalue weighted by atomic mass is 9.93. The van der Waals surface area contributed by atoms with Crippen LogP contribution in [0.4, 0.5) is 0 Å². The van der Waals surface area contributed by atoms with Crippen LogP contribution in [0.5, 0.6) is 0 Å². The Hall–Kier alpha value is -1.35. The van der Waals surface area contributed by atoms with Crippen LogP contribution in [0, 0.1) is 0 Å². The van der Waals surface area contributed by atoms with Gasteiger partial charge in [0, 0.05) is 0 Å². The van der Waals surface area contributed by atoms with Crippen molar-refractivity contribution in [1.29, 1.82) is 0 Å². The second-order valence-corrected chi connectivity index (χ2v) is 2.93. The van der Waals surface area contributed by atoms with Gasteiger partial charge in [-0.05, 0) is 12.5 Å². The molecule has 0 aliphatic heterocycles. The molecule has 0 aliphatic rings. The Labute approximate surface area is 71.4 Å². The third kappa shape index (κ3) is 1.46. The number of carbonyl (C=O) groups excluding carboxylic acids is 1. The molecular weight excluding hydrogens is 152 g/mol. The average Bonchev–Trinajstić information content (AvgIpc) is 2.06. The molecule has 0 radical (unpaired) electrons. The summed E-state index contributed by atoms with van der Waals surface area (Å²) in [6.45, 7) is 1.60. The van der Waals surface area contributed by atoms with E-state index in [4.69, 9.17) is 11.5 Å². The smallest absolute Gasteiger partial charge is 0.241 e. The van der Waals surface area contributed by atoms with Crippen molar-refractivity contribution in [3.63, 3.8) is 0 Å². The van der Waals surface area contributed by atoms with E-state index in [1.54, 1.807) is 19.1 Å². The van der Waals surface area contributed by atoms with Gasteiger partial charge in [0.1, 0.15) is 5.54 Å². The molecule has 1 atom stereocenters. The molecule has 0 spiro atoms. The van der Waals surface area contributed by atoms with Gasteiger partial charge in [-0.2, -0.15) is 0 Å². The maximum absolute atomic E-state index is 10.9. The molecule has 3 nitrogen and oxygen atoms in total. The molecule has 1 amide bonds. The van der Waals surface area contributed by atoms with Crippen LogP contribution in [0.3, 0.4) is 0 Å². The lowest BCUT2D eigenvalue weighted by Gasteiger charge is -2.20. The maximum Gasteiger partial charge on any atom is 0.241 e. The summed E-state index contributed by atoms with van der Waals surface area (Å²) in [7, 11) is 0. The first-order valence-corrected chi connectivity index (χ1v) is 3.69. The van der Waals surface area contributed by atoms with Gasteiger partial charge in [-0.25, -0.2) is 0 Å². The summed E-state index contributed by atoms with van der Waals surface area (Å²) in [6.07, 6.45) is 0. The first-order chi connectivity index (χ1) is 5.55. The molecule has 64 valence electrons. The minimum atomic E-state index is -1.07. The van der Waals surface area contributed by atoms with Gasteiger partial charge in [0.2, 0.25) is 5.91 Å². The summed E-state index contributed by atoms with van der Waals surface area (Å²) in [4.78, 5) is 10.9. The van der Waals surface area contributed by atoms with Gasteiger partial charge in [-0.15, -0.1) is 0 Å². The highest BCUT2D eigenvalue weighted by Crippen LogP contribution is 2.15. The fourth-order valence-corrected chi connectivity index (χ4v) is 0.927. The van der Waals surface area contributed by atoms with Crippen molar-refractivity contribution in [2.24, 2.45) is 11.5 Å². The summed E-state index contributed by atoms with van der Waals surface area (Å²) >= 11 is 0. The monoisotopic (exact) mass is 164 g/mol. The lowest BCUT2D eigenvalue weighted by molar-refractivity contribution is -0.122. The van der Waals surface area contributed by atoms with Crippen molar-refractivity contribution < 1.29 is 4.79 Å². The molecule has 0 saturated carbocycles. The van der Waals surface area contributed by atoms with Crippen LogP contribution in [0.25, 0.3) is 0 Å². The Morgan fingerprint density at radius 2 is 1.83 bits per heavy atom. The number of primary amides is 1. The van der Waals surface area contributed by atoms with Crippen molar-refractivity contribution in [3.8, 4) is 0 Å². The van der Waals surface area contributed by atoms with Gasteiger partial charge in [-0.1, -0.05) is 30.3 Å². The van der Waals surface area contributed by atoms with Crippen molar-refractivity contribution in [1.82, 2.24) is 0 Å². The van der Waals surface area contributed by atoms with Crippen molar-refractivity contribution in [3.05, 3.63) is 35.9 Å². The molecule has 3 heteroatoms. The van der Waals surface area contributed by atoms with Crippen LogP contribution in [0.15, 0.2) is 30.3 Å². The molecule has 0 bridgehead atoms. The van der Waals surface area contributed by atoms with Crippen molar-refractivity contribution >= 4 is 5.91 Å². The summed E-state index contributed by atoms with van der Waals surface area (Å²) in [6, 6.07) is 9.07. The zero-order valence-corrected chi connectivity index (χ0v) is 6.95. The molecule has 1 unspecified atom stereocenters. The van der Waals surface area contributed by atoms with E-state index < -0.39 is 11.4 Å². The topological polar surface area (TPSA) is 69.1 Å². The Morgan fingerprint density at radius 1 is 1.33 bits per heavy atom. The quantitative estimate of drug-likeness (QED) is 0.662. The molecule has 0 aliphatic carbocycles. The third-order valence-corrected chi connectivity index (χ3v) is 1.89. The second-order valence-electron chi connectivity index (χ2n) is 2.93. The van der Waals surface area contributed by atoms with E-state index in [0.29, 0.717) is 0 Å². The SMILES string of the molecule is CC(N)(C(N)=O)c1ccccc1. The summed E-state index contributed by atoms with van der Waals surface area (Å²) in [5.74, 6) is -0.520. The number of nitrogens with two attached hydrogens (primary N) is 2. The van der Waals surface area contributed by atoms with Gasteiger partial charge in [-0.3, -0.25) is 4.79 Å². The zero-order valence-electron chi connectivity index (χ0n) is 6.95. The molecule has 1 aromatic carbocycles. The first-order valence-electron chi connectivity index (χ1n) is 3.69. The number of hydrogen-bond donors (Lipinski definition) is 2. The summed E-state index contributed by atoms with van der Waals surface area (Å²) in [5, 5.41) is 0. The normalized spacial score (nSPS) is 15.2. The fourth-order valence-electron chi connectivity index (χ4n) is 0.927. The highest BCUT2D eigenvalue weighted by molar-refractivity contribution is 5.85. The maximum atomic E-state index is 10.9. The highest BCUT2D eigenvalue weighted by Gasteiger charge is 2.27. The van der Waals surface area contributed by atoms with E-state index in [1.807, 2.05) is 18.2 Å². The molecule has 4 N–H and O–H groups in total. The Balaban J connectivity index is 3.06. The highest BCUT2D eigenvalue weighted by atomic mass is 16.1. The van der Waals surface area contributed by atoms with Gasteiger partial charge < -0.3 is 11.5 Å². The van der Waals surface area contributed by atoms with Crippen LogP contribution in [0.1, 0.15) is 12.5 Å². The lowest BCUT2D eigenvalue weighted by Crippen LogP contribution is -2.46. The van der Waals surface area contributed by atoms with Gasteiger partial charge in [0.05, 0.1) is 0 Å². The molecule has 0 heterocycles. The van der Waals surface area contributed by atoms with Gasteiger partial charge in [0.15, 0.2) is 0 Å². The zero-order chi connectivity index (χ0) is 9.19. The fraction of sp³-hybridized carbons (Fsp3) is 0.222. The van der Waals surface area contributed by atoms with Gasteiger partial charge >= 0.3 is 0 Å². The number of carbonyl (C=O) groups is 1. The predicted octanol–water partition coefficient (Wildman–Crippen LogP) is 0.346. The van der Waals surface area contributed by atoms with Crippen LogP contribution in [-0.2, 0) is 10.3 Å². The second kappa shape index (κ2) is 2.95. The number of rotatable bonds is 2. The molecule has 0 fully saturated rings. The molecule has 1 aromatic rings. The van der Waals surface area contributed by atoms with E-state index in [2.05, 4.69) is 0 Å². The van der Waals surface area contributed by atoms with E-state index in [1.165, 1.54) is 0 Å². The predicted molar refractivity (Wildman–Crippen MR) is 47.2 cm³/mol. The first kappa shape index (κ1) is 8.74. The number of benzene rings is 1. The standard InChI is InChI=1S/C9H12N2O/c1-9(11,8(10)12)7-5-3-2-4-6-7/h2-6H,11H2,1H3,(H2,10,12). The Kier molecular flexibility index (Phi) is 2.15. The largest absolute Gasteiger partial charge is 0.368 e. The average molecular weight is 164 g/mol. The van der Waals surface area contributed by atoms with E-state index in [9.17, 15) is 4.79 Å². The van der Waals surface area contributed by atoms with Crippen LogP contribution < -0.4 is 11.5 Å². The number of hydrogen-bond acceptors (Lipinski definition) is 2. The molecule has 0 aromatic heterocycles. The van der Waals surface area contributed by atoms with Crippen molar-refractivity contribution in [2.45, 2.75) is 12.5 Å².